The van der Waals surface area contributed by atoms with Crippen LogP contribution in [0.4, 0.5) is 0 Å². The monoisotopic (exact) mass is 282 g/mol. The molecule has 9 nitrogen and oxygen atoms in total. The Morgan fingerprint density at radius 3 is 2.22 bits per heavy atom. The fourth-order valence-electron chi connectivity index (χ4n) is 1.06. The van der Waals surface area contributed by atoms with Crippen molar-refractivity contribution in [1.29, 1.82) is 0 Å². The van der Waals surface area contributed by atoms with Crippen LogP contribution >= 0.6 is 0 Å². The van der Waals surface area contributed by atoms with Crippen LogP contribution in [-0.2, 0) is 24.5 Å². The number of aliphatic carboxylic acids is 1. The van der Waals surface area contributed by atoms with Gasteiger partial charge in [0.05, 0.1) is 12.2 Å². The molecule has 0 spiro atoms. The van der Waals surface area contributed by atoms with Gasteiger partial charge in [-0.25, -0.2) is 0 Å². The summed E-state index contributed by atoms with van der Waals surface area (Å²) in [4.78, 5) is 32.6. The molecular formula is C8H14N2O7S. The normalized spacial score (nSPS) is 12.6. The van der Waals surface area contributed by atoms with E-state index in [-0.39, 0.29) is 6.54 Å². The highest BCUT2D eigenvalue weighted by Crippen LogP contribution is 1.93. The number of rotatable bonds is 7. The molecule has 0 aliphatic rings. The lowest BCUT2D eigenvalue weighted by Gasteiger charge is -2.15. The van der Waals surface area contributed by atoms with Crippen LogP contribution in [0.3, 0.4) is 0 Å². The van der Waals surface area contributed by atoms with Gasteiger partial charge in [0, 0.05) is 13.5 Å². The second kappa shape index (κ2) is 6.91. The summed E-state index contributed by atoms with van der Waals surface area (Å²) in [5, 5.41) is 12.7. The zero-order chi connectivity index (χ0) is 14.3. The second-order valence-corrected chi connectivity index (χ2v) is 5.00. The summed E-state index contributed by atoms with van der Waals surface area (Å²) < 4.78 is 29.2. The largest absolute Gasteiger partial charge is 0.481 e. The number of hydrogen-bond acceptors (Lipinski definition) is 5. The van der Waals surface area contributed by atoms with Crippen molar-refractivity contribution in [3.05, 3.63) is 0 Å². The Morgan fingerprint density at radius 2 is 1.83 bits per heavy atom. The molecule has 0 saturated heterocycles. The molecule has 104 valence electrons. The van der Waals surface area contributed by atoms with Crippen LogP contribution in [0, 0.1) is 0 Å². The van der Waals surface area contributed by atoms with Crippen LogP contribution < -0.4 is 10.6 Å². The van der Waals surface area contributed by atoms with E-state index in [1.165, 1.54) is 0 Å². The lowest BCUT2D eigenvalue weighted by molar-refractivity contribution is -0.140. The van der Waals surface area contributed by atoms with Gasteiger partial charge in [-0.05, 0) is 0 Å². The molecule has 0 saturated carbocycles. The van der Waals surface area contributed by atoms with E-state index in [9.17, 15) is 22.8 Å². The highest BCUT2D eigenvalue weighted by atomic mass is 32.2. The average molecular weight is 282 g/mol. The van der Waals surface area contributed by atoms with Gasteiger partial charge < -0.3 is 15.7 Å². The first-order chi connectivity index (χ1) is 8.11. The van der Waals surface area contributed by atoms with E-state index < -0.39 is 46.1 Å². The van der Waals surface area contributed by atoms with Crippen molar-refractivity contribution in [3.8, 4) is 0 Å². The van der Waals surface area contributed by atoms with Crippen molar-refractivity contribution >= 4 is 27.9 Å². The molecule has 0 aliphatic carbocycles. The molecule has 0 rings (SSSR count). The van der Waals surface area contributed by atoms with E-state index in [4.69, 9.17) is 9.66 Å². The second-order valence-electron chi connectivity index (χ2n) is 3.43. The van der Waals surface area contributed by atoms with Crippen molar-refractivity contribution in [2.45, 2.75) is 19.4 Å². The number of amides is 2. The Hall–Kier alpha value is -1.68. The summed E-state index contributed by atoms with van der Waals surface area (Å²) in [5.41, 5.74) is 0. The van der Waals surface area contributed by atoms with Gasteiger partial charge >= 0.3 is 5.97 Å². The minimum atomic E-state index is -4.21. The standard InChI is InChI=1S/C8H14N2O7S/c1-5(11)10-6(4-7(12)13)8(14)9-2-3-18(15,16)17/h6H,2-4H2,1H3,(H,9,14)(H,10,11)(H,12,13)(H,15,16,17)/t6-/m0/s1. The molecule has 0 unspecified atom stereocenters. The van der Waals surface area contributed by atoms with Gasteiger partial charge in [0.25, 0.3) is 10.1 Å². The Labute approximate surface area is 103 Å². The average Bonchev–Trinajstić information content (AvgIpc) is 2.12. The predicted octanol–water partition coefficient (Wildman–Crippen LogP) is -2.03. The van der Waals surface area contributed by atoms with Crippen molar-refractivity contribution in [2.24, 2.45) is 0 Å². The van der Waals surface area contributed by atoms with Crippen molar-refractivity contribution in [2.75, 3.05) is 12.3 Å². The molecule has 0 heterocycles. The predicted molar refractivity (Wildman–Crippen MR) is 59.3 cm³/mol. The van der Waals surface area contributed by atoms with Crippen LogP contribution in [-0.4, -0.2) is 54.2 Å². The Balaban J connectivity index is 4.37. The SMILES string of the molecule is CC(=O)N[C@@H](CC(=O)O)C(=O)NCCS(=O)(=O)O. The highest BCUT2D eigenvalue weighted by molar-refractivity contribution is 7.85. The molecule has 10 heteroatoms. The maximum atomic E-state index is 11.4. The maximum absolute atomic E-state index is 11.4. The number of nitrogens with one attached hydrogen (secondary N) is 2. The molecule has 0 fully saturated rings. The number of hydrogen-bond donors (Lipinski definition) is 4. The summed E-state index contributed by atoms with van der Waals surface area (Å²) in [7, 11) is -4.21. The first-order valence-electron chi connectivity index (χ1n) is 4.83. The molecule has 0 radical (unpaired) electrons. The molecule has 2 amide bonds. The van der Waals surface area contributed by atoms with E-state index in [1.807, 2.05) is 0 Å². The van der Waals surface area contributed by atoms with Crippen molar-refractivity contribution in [3.63, 3.8) is 0 Å². The fourth-order valence-corrected chi connectivity index (χ4v) is 1.42. The molecule has 0 aromatic carbocycles. The first-order valence-corrected chi connectivity index (χ1v) is 6.44. The van der Waals surface area contributed by atoms with Crippen LogP contribution in [0.15, 0.2) is 0 Å². The Kier molecular flexibility index (Phi) is 6.27. The van der Waals surface area contributed by atoms with Gasteiger partial charge in [0.2, 0.25) is 11.8 Å². The van der Waals surface area contributed by atoms with Crippen LogP contribution in [0.1, 0.15) is 13.3 Å². The van der Waals surface area contributed by atoms with E-state index in [1.54, 1.807) is 0 Å². The molecular weight excluding hydrogens is 268 g/mol. The molecule has 4 N–H and O–H groups in total. The fraction of sp³-hybridized carbons (Fsp3) is 0.625. The van der Waals surface area contributed by atoms with E-state index >= 15 is 0 Å². The van der Waals surface area contributed by atoms with Crippen molar-refractivity contribution in [1.82, 2.24) is 10.6 Å². The van der Waals surface area contributed by atoms with Crippen LogP contribution in [0.5, 0.6) is 0 Å². The Morgan fingerprint density at radius 1 is 1.28 bits per heavy atom. The minimum Gasteiger partial charge on any atom is -0.481 e. The maximum Gasteiger partial charge on any atom is 0.305 e. The third kappa shape index (κ3) is 8.47. The van der Waals surface area contributed by atoms with Crippen LogP contribution in [0.2, 0.25) is 0 Å². The van der Waals surface area contributed by atoms with E-state index in [0.29, 0.717) is 0 Å². The third-order valence-electron chi connectivity index (χ3n) is 1.73. The summed E-state index contributed by atoms with van der Waals surface area (Å²) in [6, 6.07) is -1.29. The van der Waals surface area contributed by atoms with Gasteiger partial charge in [-0.15, -0.1) is 0 Å². The Bertz CT molecular complexity index is 415. The number of carbonyl (C=O) groups excluding carboxylic acids is 2. The third-order valence-corrected chi connectivity index (χ3v) is 2.45. The van der Waals surface area contributed by atoms with Gasteiger partial charge in [-0.2, -0.15) is 8.42 Å². The van der Waals surface area contributed by atoms with E-state index in [0.717, 1.165) is 6.92 Å². The zero-order valence-electron chi connectivity index (χ0n) is 9.54. The van der Waals surface area contributed by atoms with Gasteiger partial charge in [0.1, 0.15) is 6.04 Å². The molecule has 18 heavy (non-hydrogen) atoms. The quantitative estimate of drug-likeness (QED) is 0.393. The lowest BCUT2D eigenvalue weighted by Crippen LogP contribution is -2.48. The lowest BCUT2D eigenvalue weighted by atomic mass is 10.2. The summed E-state index contributed by atoms with van der Waals surface area (Å²) in [6.07, 6.45) is -0.628. The zero-order valence-corrected chi connectivity index (χ0v) is 10.4. The van der Waals surface area contributed by atoms with Crippen LogP contribution in [0.25, 0.3) is 0 Å². The molecule has 0 aromatic rings. The molecule has 0 bridgehead atoms. The van der Waals surface area contributed by atoms with Gasteiger partial charge in [0.15, 0.2) is 0 Å². The molecule has 1 atom stereocenters. The number of carboxylic acids is 1. The molecule has 0 aromatic heterocycles. The first kappa shape index (κ1) is 16.3. The topological polar surface area (TPSA) is 150 Å². The van der Waals surface area contributed by atoms with Crippen molar-refractivity contribution < 1.29 is 32.5 Å². The minimum absolute atomic E-state index is 0.382. The van der Waals surface area contributed by atoms with Gasteiger partial charge in [-0.3, -0.25) is 18.9 Å². The summed E-state index contributed by atoms with van der Waals surface area (Å²) >= 11 is 0. The number of carbonyl (C=O) groups is 3. The summed E-state index contributed by atoms with van der Waals surface area (Å²) in [5.74, 6) is -3.42. The smallest absolute Gasteiger partial charge is 0.305 e. The number of carboxylic acid groups (broad SMARTS) is 1. The van der Waals surface area contributed by atoms with E-state index in [2.05, 4.69) is 10.6 Å². The summed E-state index contributed by atoms with van der Waals surface area (Å²) in [6.45, 7) is 0.730. The highest BCUT2D eigenvalue weighted by Gasteiger charge is 2.22. The van der Waals surface area contributed by atoms with Gasteiger partial charge in [-0.1, -0.05) is 0 Å². The molecule has 0 aliphatic heterocycles.